The lowest BCUT2D eigenvalue weighted by molar-refractivity contribution is -0.213. The van der Waals surface area contributed by atoms with Gasteiger partial charge in [-0.3, -0.25) is 9.59 Å². The summed E-state index contributed by atoms with van der Waals surface area (Å²) in [6.07, 6.45) is 30.4. The first kappa shape index (κ1) is 69.5. The van der Waals surface area contributed by atoms with Crippen LogP contribution in [0.1, 0.15) is 256 Å². The number of aliphatic hydroxyl groups is 4. The molecule has 11 heteroatoms. The molecule has 12 saturated carbocycles. The van der Waals surface area contributed by atoms with E-state index in [1.165, 1.54) is 77.0 Å². The first-order chi connectivity index (χ1) is 41.9. The predicted octanol–water partition coefficient (Wildman–Crippen LogP) is 14.2. The SMILES string of the molecule is CC[C@H]1[C@@H](O)[C@@H]2[C@H](CC[C@]3(C)[C@@H]([C@H](C)CCN)CC[C@@H]23)[C@@]2(C)CC[C@@H](O)C[C@@H]12.CC[C@H]1[C@@H](O)[C@@H]2[C@H](CC[C@]3(C)[C@@H]([C@H](C)CCN)CC[C@@H]23)[C@@]2(C)CC[C@@H](O)C[C@@H]12.CC[C@H]1[C@@H](OC=O)[C@@H]2[C@H](CC[C@]3(C)[C@@H]([C@H](C)CCN)CC[C@@H]23)[C@@]2(C)CC[C@@H](OC=O)C[C@@H]12. The summed E-state index contributed by atoms with van der Waals surface area (Å²) in [5, 5.41) is 44.2. The molecule has 0 aromatic rings. The van der Waals surface area contributed by atoms with E-state index < -0.39 is 0 Å². The van der Waals surface area contributed by atoms with Gasteiger partial charge in [-0.25, -0.2) is 0 Å². The lowest BCUT2D eigenvalue weighted by atomic mass is 9.41. The van der Waals surface area contributed by atoms with Crippen LogP contribution in [0.2, 0.25) is 0 Å². The number of nitrogens with two attached hydrogens (primary N) is 3. The molecule has 12 rings (SSSR count). The number of rotatable bonds is 16. The molecule has 506 valence electrons. The lowest BCUT2D eigenvalue weighted by Crippen LogP contribution is -2.62. The first-order valence-corrected chi connectivity index (χ1v) is 37.9. The number of aliphatic hydroxyl groups excluding tert-OH is 4. The van der Waals surface area contributed by atoms with Gasteiger partial charge in [0.25, 0.3) is 12.9 Å². The fourth-order valence-electron chi connectivity index (χ4n) is 28.6. The van der Waals surface area contributed by atoms with Gasteiger partial charge in [-0.2, -0.15) is 0 Å². The molecule has 0 saturated heterocycles. The highest BCUT2D eigenvalue weighted by atomic mass is 16.5. The molecular formula is C77H135N3O8. The second-order valence-electron chi connectivity index (χ2n) is 35.4. The Kier molecular flexibility index (Phi) is 21.6. The molecule has 10 N–H and O–H groups in total. The Morgan fingerprint density at radius 2 is 0.716 bits per heavy atom. The van der Waals surface area contributed by atoms with Crippen LogP contribution in [0.15, 0.2) is 0 Å². The molecule has 0 spiro atoms. The summed E-state index contributed by atoms with van der Waals surface area (Å²) < 4.78 is 11.5. The van der Waals surface area contributed by atoms with E-state index in [-0.39, 0.29) is 42.0 Å². The first-order valence-electron chi connectivity index (χ1n) is 37.9. The highest BCUT2D eigenvalue weighted by molar-refractivity contribution is 5.38. The number of hydrogen-bond acceptors (Lipinski definition) is 11. The largest absolute Gasteiger partial charge is 0.465 e. The van der Waals surface area contributed by atoms with Gasteiger partial charge in [-0.15, -0.1) is 0 Å². The summed E-state index contributed by atoms with van der Waals surface area (Å²) in [5.41, 5.74) is 19.7. The standard InChI is InChI=1S/C27H45NO4.2C25H45NO2/c1-5-19-23-14-18(31-15-29)8-11-27(23,4)22-9-12-26(3)20(17(2)10-13-28)6-7-21(26)24(22)25(19)32-16-30;2*1-5-17-21-14-16(27)8-11-25(21,4)20-9-12-24(3)18(15(2)10-13-26)6-7-19(24)22(20)23(17)28/h15-25H,5-14,28H2,1-4H3;2*15-23,27-28H,5-14,26H2,1-4H3/t17-,18-,19-,20-,21+,22+,23+,24+,25-,26-,27-;2*15-,16-,17-,18-,19+,20+,21+,22+,23-,24-,25-/m111/s1. The highest BCUT2D eigenvalue weighted by Gasteiger charge is 2.69. The maximum absolute atomic E-state index is 11.7. The normalized spacial score (nSPS) is 52.4. The fraction of sp³-hybridized carbons (Fsp3) is 0.974. The Morgan fingerprint density at radius 3 is 1.07 bits per heavy atom. The third kappa shape index (κ3) is 11.5. The maximum atomic E-state index is 11.7. The van der Waals surface area contributed by atoms with Crippen LogP contribution in [0.5, 0.6) is 0 Å². The van der Waals surface area contributed by atoms with Crippen LogP contribution in [0.3, 0.4) is 0 Å². The minimum atomic E-state index is -0.174. The molecule has 33 atom stereocenters. The van der Waals surface area contributed by atoms with E-state index in [1.54, 1.807) is 0 Å². The summed E-state index contributed by atoms with van der Waals surface area (Å²) >= 11 is 0. The molecule has 0 heterocycles. The summed E-state index contributed by atoms with van der Waals surface area (Å²) in [6, 6.07) is 0. The van der Waals surface area contributed by atoms with Crippen molar-refractivity contribution in [1.29, 1.82) is 0 Å². The van der Waals surface area contributed by atoms with Crippen molar-refractivity contribution in [3.05, 3.63) is 0 Å². The van der Waals surface area contributed by atoms with Crippen molar-refractivity contribution in [2.45, 2.75) is 293 Å². The topological polar surface area (TPSA) is 212 Å². The number of carbonyl (C=O) groups excluding carboxylic acids is 2. The number of fused-ring (bicyclic) bond motifs is 15. The Morgan fingerprint density at radius 1 is 0.398 bits per heavy atom. The third-order valence-corrected chi connectivity index (χ3v) is 32.7. The van der Waals surface area contributed by atoms with Crippen molar-refractivity contribution >= 4 is 12.9 Å². The monoisotopic (exact) mass is 1230 g/mol. The van der Waals surface area contributed by atoms with Gasteiger partial charge in [-0.05, 0) is 331 Å². The molecule has 0 aromatic heterocycles. The van der Waals surface area contributed by atoms with Crippen LogP contribution in [0.4, 0.5) is 0 Å². The van der Waals surface area contributed by atoms with E-state index in [9.17, 15) is 30.0 Å². The van der Waals surface area contributed by atoms with Crippen molar-refractivity contribution in [1.82, 2.24) is 0 Å². The van der Waals surface area contributed by atoms with E-state index >= 15 is 0 Å². The molecule has 0 unspecified atom stereocenters. The van der Waals surface area contributed by atoms with Gasteiger partial charge >= 0.3 is 0 Å². The van der Waals surface area contributed by atoms with Crippen LogP contribution in [-0.2, 0) is 19.1 Å². The molecule has 0 amide bonds. The summed E-state index contributed by atoms with van der Waals surface area (Å²) in [5.74, 6) is 12.0. The molecular weight excluding hydrogens is 1090 g/mol. The summed E-state index contributed by atoms with van der Waals surface area (Å²) in [4.78, 5) is 22.8. The molecule has 0 aliphatic heterocycles. The van der Waals surface area contributed by atoms with Crippen molar-refractivity contribution in [3.8, 4) is 0 Å². The quantitative estimate of drug-likeness (QED) is 0.0723. The van der Waals surface area contributed by atoms with Crippen LogP contribution >= 0.6 is 0 Å². The van der Waals surface area contributed by atoms with Gasteiger partial charge in [0.1, 0.15) is 12.2 Å². The maximum Gasteiger partial charge on any atom is 0.293 e. The van der Waals surface area contributed by atoms with Crippen molar-refractivity contribution < 1.29 is 39.5 Å². The van der Waals surface area contributed by atoms with Crippen LogP contribution in [0, 0.1) is 157 Å². The average molecular weight is 1230 g/mol. The van der Waals surface area contributed by atoms with E-state index in [0.29, 0.717) is 147 Å². The molecule has 12 aliphatic rings. The predicted molar refractivity (Wildman–Crippen MR) is 354 cm³/mol. The molecule has 11 nitrogen and oxygen atoms in total. The number of ether oxygens (including phenoxy) is 2. The van der Waals surface area contributed by atoms with E-state index in [1.807, 2.05) is 0 Å². The van der Waals surface area contributed by atoms with Gasteiger partial charge in [0, 0.05) is 5.92 Å². The second kappa shape index (κ2) is 27.4. The highest BCUT2D eigenvalue weighted by Crippen LogP contribution is 2.73. The van der Waals surface area contributed by atoms with E-state index in [4.69, 9.17) is 26.7 Å². The Balaban J connectivity index is 0.000000146. The molecule has 0 radical (unpaired) electrons. The molecule has 0 bridgehead atoms. The molecule has 0 aromatic carbocycles. The number of hydrogen-bond donors (Lipinski definition) is 7. The minimum Gasteiger partial charge on any atom is -0.465 e. The van der Waals surface area contributed by atoms with Crippen molar-refractivity contribution in [2.24, 2.45) is 174 Å². The van der Waals surface area contributed by atoms with Gasteiger partial charge in [0.05, 0.1) is 24.4 Å². The van der Waals surface area contributed by atoms with Crippen LogP contribution < -0.4 is 17.2 Å². The molecule has 12 fully saturated rings. The summed E-state index contributed by atoms with van der Waals surface area (Å²) in [6.45, 7) is 32.9. The number of carbonyl (C=O) groups is 2. The van der Waals surface area contributed by atoms with Gasteiger partial charge in [-0.1, -0.05) is 95.9 Å². The lowest BCUT2D eigenvalue weighted by Gasteiger charge is -2.65. The molecule has 12 aliphatic carbocycles. The zero-order chi connectivity index (χ0) is 63.6. The Labute approximate surface area is 536 Å². The van der Waals surface area contributed by atoms with Crippen LogP contribution in [-0.4, -0.2) is 89.6 Å². The zero-order valence-electron chi connectivity index (χ0n) is 58.1. The minimum absolute atomic E-state index is 0.00915. The van der Waals surface area contributed by atoms with E-state index in [2.05, 4.69) is 83.1 Å². The van der Waals surface area contributed by atoms with Crippen molar-refractivity contribution in [3.63, 3.8) is 0 Å². The smallest absolute Gasteiger partial charge is 0.293 e. The Bertz CT molecular complexity index is 2210. The average Bonchev–Trinajstić information content (AvgIpc) is 1.22. The molecule has 88 heavy (non-hydrogen) atoms. The van der Waals surface area contributed by atoms with Crippen molar-refractivity contribution in [2.75, 3.05) is 19.6 Å². The van der Waals surface area contributed by atoms with Gasteiger partial charge in [0.2, 0.25) is 0 Å². The zero-order valence-corrected chi connectivity index (χ0v) is 58.1. The Hall–Kier alpha value is -1.34. The van der Waals surface area contributed by atoms with Gasteiger partial charge in [0.15, 0.2) is 0 Å². The second-order valence-corrected chi connectivity index (χ2v) is 35.4. The van der Waals surface area contributed by atoms with E-state index in [0.717, 1.165) is 134 Å². The van der Waals surface area contributed by atoms with Crippen LogP contribution in [0.25, 0.3) is 0 Å². The third-order valence-electron chi connectivity index (χ3n) is 32.7. The fourth-order valence-corrected chi connectivity index (χ4v) is 28.6. The summed E-state index contributed by atoms with van der Waals surface area (Å²) in [7, 11) is 0. The van der Waals surface area contributed by atoms with Gasteiger partial charge < -0.3 is 47.1 Å².